The van der Waals surface area contributed by atoms with Crippen molar-refractivity contribution in [2.45, 2.75) is 55.6 Å². The van der Waals surface area contributed by atoms with E-state index in [1.165, 1.54) is 0 Å². The summed E-state index contributed by atoms with van der Waals surface area (Å²) in [6, 6.07) is 6.07. The van der Waals surface area contributed by atoms with Gasteiger partial charge in [0.2, 0.25) is 0 Å². The van der Waals surface area contributed by atoms with Gasteiger partial charge in [0.25, 0.3) is 0 Å². The highest BCUT2D eigenvalue weighted by Gasteiger charge is 2.57. The van der Waals surface area contributed by atoms with Crippen LogP contribution >= 0.6 is 11.8 Å². The minimum atomic E-state index is -4.78. The molecule has 0 bridgehead atoms. The molecule has 6 atom stereocenters. The van der Waals surface area contributed by atoms with Crippen LogP contribution in [0.25, 0.3) is 0 Å². The second-order valence-electron chi connectivity index (χ2n) is 7.12. The summed E-state index contributed by atoms with van der Waals surface area (Å²) in [4.78, 5) is 5.92. The second-order valence-corrected chi connectivity index (χ2v) is 8.19. The van der Waals surface area contributed by atoms with Crippen LogP contribution in [0.1, 0.15) is 11.1 Å². The topological polar surface area (TPSA) is 74.5 Å². The second kappa shape index (κ2) is 8.19. The standard InChI is InChI=1S/C18H23F3N2O4S/c1-9-4-6-10(7-5-9)8-26-15(18(19,20)21)14-13(25)12(24)11-16(27-14)28-17(22-11)23(2)3/h4-7,11-16,24-25H,8H2,1-3H3. The molecule has 6 unspecified atom stereocenters. The van der Waals surface area contributed by atoms with Crippen molar-refractivity contribution >= 4 is 16.9 Å². The number of halogens is 3. The van der Waals surface area contributed by atoms with E-state index in [4.69, 9.17) is 9.47 Å². The third kappa shape index (κ3) is 4.46. The van der Waals surface area contributed by atoms with E-state index < -0.39 is 42.1 Å². The number of rotatable bonds is 4. The fraction of sp³-hybridized carbons (Fsp3) is 0.611. The Labute approximate surface area is 165 Å². The molecule has 0 radical (unpaired) electrons. The lowest BCUT2D eigenvalue weighted by molar-refractivity contribution is -0.286. The number of ether oxygens (including phenoxy) is 2. The fourth-order valence-electron chi connectivity index (χ4n) is 3.09. The SMILES string of the molecule is Cc1ccc(COC(C2OC3SC(N(C)C)=NC3C(O)C2O)C(F)(F)F)cc1. The van der Waals surface area contributed by atoms with Crippen molar-refractivity contribution in [2.24, 2.45) is 4.99 Å². The Balaban J connectivity index is 1.76. The van der Waals surface area contributed by atoms with Gasteiger partial charge in [0.05, 0.1) is 6.61 Å². The molecule has 0 spiro atoms. The minimum absolute atomic E-state index is 0.298. The van der Waals surface area contributed by atoms with E-state index in [0.29, 0.717) is 10.7 Å². The van der Waals surface area contributed by atoms with Crippen molar-refractivity contribution in [3.05, 3.63) is 35.4 Å². The van der Waals surface area contributed by atoms with Gasteiger partial charge >= 0.3 is 6.18 Å². The highest BCUT2D eigenvalue weighted by atomic mass is 32.2. The first kappa shape index (κ1) is 21.4. The van der Waals surface area contributed by atoms with Crippen molar-refractivity contribution in [1.29, 1.82) is 0 Å². The average molecular weight is 420 g/mol. The van der Waals surface area contributed by atoms with E-state index in [1.807, 2.05) is 6.92 Å². The summed E-state index contributed by atoms with van der Waals surface area (Å²) in [7, 11) is 3.46. The molecule has 0 amide bonds. The smallest absolute Gasteiger partial charge is 0.388 e. The van der Waals surface area contributed by atoms with Crippen LogP contribution < -0.4 is 0 Å². The predicted molar refractivity (Wildman–Crippen MR) is 99.0 cm³/mol. The number of benzene rings is 1. The fourth-order valence-corrected chi connectivity index (χ4v) is 4.23. The van der Waals surface area contributed by atoms with Crippen LogP contribution in [-0.4, -0.2) is 76.4 Å². The Hall–Kier alpha value is -1.33. The highest BCUT2D eigenvalue weighted by molar-refractivity contribution is 8.14. The first-order valence-corrected chi connectivity index (χ1v) is 9.63. The molecule has 3 rings (SSSR count). The van der Waals surface area contributed by atoms with Crippen LogP contribution in [0.5, 0.6) is 0 Å². The molecular formula is C18H23F3N2O4S. The van der Waals surface area contributed by atoms with Gasteiger partial charge in [0.15, 0.2) is 11.3 Å². The van der Waals surface area contributed by atoms with Gasteiger partial charge in [0, 0.05) is 14.1 Å². The lowest BCUT2D eigenvalue weighted by atomic mass is 9.94. The van der Waals surface area contributed by atoms with Crippen LogP contribution in [0.3, 0.4) is 0 Å². The van der Waals surface area contributed by atoms with Crippen LogP contribution in [0.2, 0.25) is 0 Å². The normalized spacial score (nSPS) is 31.3. The van der Waals surface area contributed by atoms with Crippen LogP contribution in [-0.2, 0) is 16.1 Å². The predicted octanol–water partition coefficient (Wildman–Crippen LogP) is 1.92. The maximum atomic E-state index is 13.7. The van der Waals surface area contributed by atoms with Gasteiger partial charge in [-0.25, -0.2) is 0 Å². The molecule has 1 aromatic carbocycles. The number of aliphatic imine (C=N–C) groups is 1. The van der Waals surface area contributed by atoms with E-state index in [1.54, 1.807) is 43.3 Å². The Morgan fingerprint density at radius 3 is 2.43 bits per heavy atom. The zero-order chi connectivity index (χ0) is 20.6. The monoisotopic (exact) mass is 420 g/mol. The zero-order valence-corrected chi connectivity index (χ0v) is 16.4. The molecule has 28 heavy (non-hydrogen) atoms. The summed E-state index contributed by atoms with van der Waals surface area (Å²) in [6.07, 6.45) is -12.2. The quantitative estimate of drug-likeness (QED) is 0.776. The Morgan fingerprint density at radius 1 is 1.21 bits per heavy atom. The number of alkyl halides is 3. The van der Waals surface area contributed by atoms with Gasteiger partial charge in [-0.1, -0.05) is 41.6 Å². The number of hydrogen-bond acceptors (Lipinski definition) is 7. The average Bonchev–Trinajstić information content (AvgIpc) is 3.04. The van der Waals surface area contributed by atoms with Crippen molar-refractivity contribution in [3.63, 3.8) is 0 Å². The molecule has 156 valence electrons. The van der Waals surface area contributed by atoms with E-state index in [0.717, 1.165) is 17.3 Å². The molecule has 6 nitrogen and oxygen atoms in total. The molecule has 0 saturated carbocycles. The van der Waals surface area contributed by atoms with Gasteiger partial charge < -0.3 is 24.6 Å². The summed E-state index contributed by atoms with van der Waals surface area (Å²) in [5, 5.41) is 21.2. The van der Waals surface area contributed by atoms with E-state index in [2.05, 4.69) is 4.99 Å². The number of aliphatic hydroxyl groups is 2. The van der Waals surface area contributed by atoms with E-state index in [-0.39, 0.29) is 6.61 Å². The maximum Gasteiger partial charge on any atom is 0.417 e. The Bertz CT molecular complexity index is 714. The number of fused-ring (bicyclic) bond motifs is 1. The Kier molecular flexibility index (Phi) is 6.26. The number of aliphatic hydroxyl groups excluding tert-OH is 2. The molecule has 2 N–H and O–H groups in total. The van der Waals surface area contributed by atoms with Crippen molar-refractivity contribution in [1.82, 2.24) is 4.90 Å². The number of thioether (sulfide) groups is 1. The van der Waals surface area contributed by atoms with E-state index >= 15 is 0 Å². The van der Waals surface area contributed by atoms with E-state index in [9.17, 15) is 23.4 Å². The molecule has 2 heterocycles. The number of amidine groups is 1. The zero-order valence-electron chi connectivity index (χ0n) is 15.6. The molecule has 1 saturated heterocycles. The molecular weight excluding hydrogens is 397 g/mol. The summed E-state index contributed by atoms with van der Waals surface area (Å²) in [5.74, 6) is 0. The first-order valence-electron chi connectivity index (χ1n) is 8.75. The van der Waals surface area contributed by atoms with Crippen LogP contribution in [0, 0.1) is 6.92 Å². The van der Waals surface area contributed by atoms with Crippen molar-refractivity contribution in [2.75, 3.05) is 14.1 Å². The van der Waals surface area contributed by atoms with Crippen molar-refractivity contribution < 1.29 is 32.9 Å². The molecule has 0 aromatic heterocycles. The largest absolute Gasteiger partial charge is 0.417 e. The van der Waals surface area contributed by atoms with Crippen molar-refractivity contribution in [3.8, 4) is 0 Å². The van der Waals surface area contributed by atoms with Gasteiger partial charge in [-0.3, -0.25) is 4.99 Å². The summed E-state index contributed by atoms with van der Waals surface area (Å²) in [5.41, 5.74) is 0.719. The highest BCUT2D eigenvalue weighted by Crippen LogP contribution is 2.41. The first-order chi connectivity index (χ1) is 13.1. The molecule has 2 aliphatic rings. The molecule has 10 heteroatoms. The molecule has 1 fully saturated rings. The summed E-state index contributed by atoms with van der Waals surface area (Å²) < 4.78 is 51.7. The third-order valence-electron chi connectivity index (χ3n) is 4.64. The summed E-state index contributed by atoms with van der Waals surface area (Å²) in [6.45, 7) is 1.57. The maximum absolute atomic E-state index is 13.7. The molecule has 0 aliphatic carbocycles. The molecule has 2 aliphatic heterocycles. The third-order valence-corrected chi connectivity index (χ3v) is 5.94. The number of nitrogens with zero attached hydrogens (tertiary/aromatic N) is 2. The molecule has 1 aromatic rings. The van der Waals surface area contributed by atoms with Gasteiger partial charge in [0.1, 0.15) is 29.8 Å². The van der Waals surface area contributed by atoms with Crippen LogP contribution in [0.15, 0.2) is 29.3 Å². The van der Waals surface area contributed by atoms with Crippen LogP contribution in [0.4, 0.5) is 13.2 Å². The lowest BCUT2D eigenvalue weighted by Gasteiger charge is -2.41. The number of aryl methyl sites for hydroxylation is 1. The Morgan fingerprint density at radius 2 is 1.86 bits per heavy atom. The minimum Gasteiger partial charge on any atom is -0.388 e. The number of hydrogen-bond donors (Lipinski definition) is 2. The lowest BCUT2D eigenvalue weighted by Crippen LogP contribution is -2.61. The van der Waals surface area contributed by atoms with Gasteiger partial charge in [-0.15, -0.1) is 0 Å². The van der Waals surface area contributed by atoms with Gasteiger partial charge in [-0.2, -0.15) is 13.2 Å². The summed E-state index contributed by atoms with van der Waals surface area (Å²) >= 11 is 1.12. The van der Waals surface area contributed by atoms with Gasteiger partial charge in [-0.05, 0) is 12.5 Å².